The predicted molar refractivity (Wildman–Crippen MR) is 87.3 cm³/mol. The number of anilines is 1. The maximum absolute atomic E-state index is 12.4. The number of allylic oxidation sites excluding steroid dienone is 2. The SMILES string of the molecule is CCc1ccc(N2NC(=O)/C(=C/C=C\c3ccco3)C2=O)cc1. The summed E-state index contributed by atoms with van der Waals surface area (Å²) in [4.78, 5) is 24.4. The van der Waals surface area contributed by atoms with E-state index in [0.717, 1.165) is 6.42 Å². The third kappa shape index (κ3) is 3.08. The minimum Gasteiger partial charge on any atom is -0.465 e. The first-order valence-corrected chi connectivity index (χ1v) is 7.35. The van der Waals surface area contributed by atoms with Crippen LogP contribution in [-0.4, -0.2) is 11.8 Å². The fraction of sp³-hybridized carbons (Fsp3) is 0.111. The Morgan fingerprint density at radius 1 is 1.17 bits per heavy atom. The Hall–Kier alpha value is -3.08. The van der Waals surface area contributed by atoms with Crippen molar-refractivity contribution in [3.63, 3.8) is 0 Å². The van der Waals surface area contributed by atoms with Gasteiger partial charge < -0.3 is 4.42 Å². The number of carbonyl (C=O) groups excluding carboxylic acids is 2. The topological polar surface area (TPSA) is 62.6 Å². The maximum atomic E-state index is 12.4. The Labute approximate surface area is 133 Å². The van der Waals surface area contributed by atoms with Crippen LogP contribution in [0.5, 0.6) is 0 Å². The minimum absolute atomic E-state index is 0.0902. The molecule has 0 aliphatic carbocycles. The number of hydrogen-bond donors (Lipinski definition) is 1. The van der Waals surface area contributed by atoms with Crippen LogP contribution in [0, 0.1) is 0 Å². The molecule has 3 rings (SSSR count). The van der Waals surface area contributed by atoms with Crippen molar-refractivity contribution in [1.82, 2.24) is 5.43 Å². The first kappa shape index (κ1) is 14.8. The number of aryl methyl sites for hydroxylation is 1. The van der Waals surface area contributed by atoms with Crippen molar-refractivity contribution in [2.75, 3.05) is 5.01 Å². The molecule has 116 valence electrons. The lowest BCUT2D eigenvalue weighted by atomic mass is 10.1. The van der Waals surface area contributed by atoms with Crippen LogP contribution in [0.1, 0.15) is 18.2 Å². The molecule has 5 heteroatoms. The number of nitrogens with zero attached hydrogens (tertiary/aromatic N) is 1. The molecule has 1 aliphatic rings. The van der Waals surface area contributed by atoms with Gasteiger partial charge in [-0.15, -0.1) is 0 Å². The molecule has 1 N–H and O–H groups in total. The zero-order valence-corrected chi connectivity index (χ0v) is 12.7. The van der Waals surface area contributed by atoms with Crippen molar-refractivity contribution in [3.8, 4) is 0 Å². The van der Waals surface area contributed by atoms with E-state index in [1.165, 1.54) is 16.6 Å². The summed E-state index contributed by atoms with van der Waals surface area (Å²) in [5.74, 6) is -0.137. The van der Waals surface area contributed by atoms with E-state index in [2.05, 4.69) is 12.3 Å². The van der Waals surface area contributed by atoms with Gasteiger partial charge in [-0.3, -0.25) is 15.0 Å². The summed E-state index contributed by atoms with van der Waals surface area (Å²) in [6.07, 6.45) is 7.27. The van der Waals surface area contributed by atoms with E-state index in [9.17, 15) is 9.59 Å². The highest BCUT2D eigenvalue weighted by Crippen LogP contribution is 2.20. The molecule has 2 aromatic rings. The summed E-state index contributed by atoms with van der Waals surface area (Å²) >= 11 is 0. The van der Waals surface area contributed by atoms with E-state index in [4.69, 9.17) is 4.42 Å². The maximum Gasteiger partial charge on any atom is 0.282 e. The van der Waals surface area contributed by atoms with Crippen molar-refractivity contribution >= 4 is 23.6 Å². The molecule has 1 saturated heterocycles. The van der Waals surface area contributed by atoms with Crippen LogP contribution in [0.4, 0.5) is 5.69 Å². The lowest BCUT2D eigenvalue weighted by Gasteiger charge is -2.14. The van der Waals surface area contributed by atoms with E-state index in [-0.39, 0.29) is 11.5 Å². The molecule has 0 atom stereocenters. The number of benzene rings is 1. The Morgan fingerprint density at radius 2 is 1.96 bits per heavy atom. The lowest BCUT2D eigenvalue weighted by Crippen LogP contribution is -2.35. The molecular weight excluding hydrogens is 292 g/mol. The summed E-state index contributed by atoms with van der Waals surface area (Å²) in [6, 6.07) is 11.1. The van der Waals surface area contributed by atoms with Crippen LogP contribution in [-0.2, 0) is 16.0 Å². The van der Waals surface area contributed by atoms with Crippen molar-refractivity contribution < 1.29 is 14.0 Å². The fourth-order valence-corrected chi connectivity index (χ4v) is 2.26. The molecule has 0 saturated carbocycles. The Bertz CT molecular complexity index is 771. The fourth-order valence-electron chi connectivity index (χ4n) is 2.26. The van der Waals surface area contributed by atoms with Crippen molar-refractivity contribution in [2.45, 2.75) is 13.3 Å². The van der Waals surface area contributed by atoms with Gasteiger partial charge in [0.05, 0.1) is 12.0 Å². The highest BCUT2D eigenvalue weighted by atomic mass is 16.3. The molecule has 5 nitrogen and oxygen atoms in total. The van der Waals surface area contributed by atoms with Gasteiger partial charge in [0.2, 0.25) is 0 Å². The standard InChI is InChI=1S/C18H16N2O3/c1-2-13-8-10-14(11-9-13)20-18(22)16(17(21)19-20)7-3-5-15-6-4-12-23-15/h3-12H,2H2,1H3,(H,19,21)/b5-3-,16-7-. The van der Waals surface area contributed by atoms with Gasteiger partial charge >= 0.3 is 0 Å². The molecule has 0 radical (unpaired) electrons. The monoisotopic (exact) mass is 308 g/mol. The highest BCUT2D eigenvalue weighted by Gasteiger charge is 2.33. The van der Waals surface area contributed by atoms with Crippen molar-refractivity contribution in [3.05, 3.63) is 71.7 Å². The smallest absolute Gasteiger partial charge is 0.282 e. The number of amides is 2. The molecule has 1 fully saturated rings. The van der Waals surface area contributed by atoms with Gasteiger partial charge in [-0.25, -0.2) is 5.01 Å². The van der Waals surface area contributed by atoms with E-state index >= 15 is 0 Å². The van der Waals surface area contributed by atoms with E-state index in [1.54, 1.807) is 30.5 Å². The average molecular weight is 308 g/mol. The Kier molecular flexibility index (Phi) is 4.10. The van der Waals surface area contributed by atoms with Gasteiger partial charge in [-0.2, -0.15) is 0 Å². The van der Waals surface area contributed by atoms with Gasteiger partial charge in [0.25, 0.3) is 11.8 Å². The zero-order chi connectivity index (χ0) is 16.2. The molecule has 2 heterocycles. The second kappa shape index (κ2) is 6.36. The lowest BCUT2D eigenvalue weighted by molar-refractivity contribution is -0.117. The van der Waals surface area contributed by atoms with Crippen molar-refractivity contribution in [1.29, 1.82) is 0 Å². The number of hydrogen-bond acceptors (Lipinski definition) is 3. The number of rotatable bonds is 4. The van der Waals surface area contributed by atoms with Gasteiger partial charge in [0.15, 0.2) is 0 Å². The number of carbonyl (C=O) groups is 2. The zero-order valence-electron chi connectivity index (χ0n) is 12.7. The third-order valence-corrected chi connectivity index (χ3v) is 3.56. The summed E-state index contributed by atoms with van der Waals surface area (Å²) < 4.78 is 5.15. The van der Waals surface area contributed by atoms with Crippen LogP contribution in [0.2, 0.25) is 0 Å². The van der Waals surface area contributed by atoms with Crippen LogP contribution < -0.4 is 10.4 Å². The highest BCUT2D eigenvalue weighted by molar-refractivity contribution is 6.29. The summed E-state index contributed by atoms with van der Waals surface area (Å²) in [7, 11) is 0. The quantitative estimate of drug-likeness (QED) is 0.698. The number of nitrogens with one attached hydrogen (secondary N) is 1. The minimum atomic E-state index is -0.418. The molecule has 23 heavy (non-hydrogen) atoms. The molecule has 0 spiro atoms. The second-order valence-corrected chi connectivity index (χ2v) is 5.06. The van der Waals surface area contributed by atoms with Gasteiger partial charge in [0.1, 0.15) is 11.3 Å². The van der Waals surface area contributed by atoms with Gasteiger partial charge in [0, 0.05) is 0 Å². The summed E-state index contributed by atoms with van der Waals surface area (Å²) in [5.41, 5.74) is 4.47. The van der Waals surface area contributed by atoms with Crippen LogP contribution in [0.3, 0.4) is 0 Å². The molecule has 0 unspecified atom stereocenters. The average Bonchev–Trinajstić information content (AvgIpc) is 3.18. The number of hydrazine groups is 1. The Morgan fingerprint density at radius 3 is 2.61 bits per heavy atom. The van der Waals surface area contributed by atoms with E-state index < -0.39 is 5.91 Å². The van der Waals surface area contributed by atoms with Crippen LogP contribution in [0.15, 0.2) is 64.8 Å². The molecule has 2 amide bonds. The van der Waals surface area contributed by atoms with Crippen molar-refractivity contribution in [2.24, 2.45) is 0 Å². The van der Waals surface area contributed by atoms with E-state index in [1.807, 2.05) is 24.3 Å². The first-order chi connectivity index (χ1) is 11.2. The first-order valence-electron chi connectivity index (χ1n) is 7.35. The largest absolute Gasteiger partial charge is 0.465 e. The summed E-state index contributed by atoms with van der Waals surface area (Å²) in [5, 5.41) is 1.26. The molecule has 1 aliphatic heterocycles. The van der Waals surface area contributed by atoms with Gasteiger partial charge in [-0.05, 0) is 48.4 Å². The van der Waals surface area contributed by atoms with Crippen LogP contribution >= 0.6 is 0 Å². The third-order valence-electron chi connectivity index (χ3n) is 3.56. The molecule has 1 aromatic carbocycles. The van der Waals surface area contributed by atoms with Crippen LogP contribution in [0.25, 0.3) is 6.08 Å². The molecule has 1 aromatic heterocycles. The predicted octanol–water partition coefficient (Wildman–Crippen LogP) is 2.86. The normalized spacial score (nSPS) is 16.6. The summed E-state index contributed by atoms with van der Waals surface area (Å²) in [6.45, 7) is 2.06. The van der Waals surface area contributed by atoms with Gasteiger partial charge in [-0.1, -0.05) is 25.1 Å². The van der Waals surface area contributed by atoms with E-state index in [0.29, 0.717) is 11.4 Å². The molecular formula is C18H16N2O3. The second-order valence-electron chi connectivity index (χ2n) is 5.06. The Balaban J connectivity index is 1.79. The number of furan rings is 1. The molecule has 0 bridgehead atoms.